The number of hydrogen-bond donors (Lipinski definition) is 1. The first-order chi connectivity index (χ1) is 12.2. The predicted octanol–water partition coefficient (Wildman–Crippen LogP) is 2.89. The van der Waals surface area contributed by atoms with E-state index in [-0.39, 0.29) is 12.5 Å². The summed E-state index contributed by atoms with van der Waals surface area (Å²) in [7, 11) is 0. The molecule has 25 heavy (non-hydrogen) atoms. The largest absolute Gasteiger partial charge is 0.452 e. The van der Waals surface area contributed by atoms with E-state index < -0.39 is 5.97 Å². The van der Waals surface area contributed by atoms with E-state index in [1.54, 1.807) is 17.8 Å². The molecule has 2 aromatic heterocycles. The van der Waals surface area contributed by atoms with Crippen LogP contribution in [0.5, 0.6) is 0 Å². The van der Waals surface area contributed by atoms with Crippen LogP contribution in [0.4, 0.5) is 0 Å². The minimum Gasteiger partial charge on any atom is -0.452 e. The van der Waals surface area contributed by atoms with Crippen molar-refractivity contribution in [1.82, 2.24) is 15.1 Å². The van der Waals surface area contributed by atoms with Gasteiger partial charge in [0.25, 0.3) is 5.91 Å². The minimum absolute atomic E-state index is 0.312. The van der Waals surface area contributed by atoms with Crippen LogP contribution in [-0.2, 0) is 9.53 Å². The van der Waals surface area contributed by atoms with Crippen molar-refractivity contribution in [2.24, 2.45) is 0 Å². The van der Waals surface area contributed by atoms with Crippen LogP contribution in [-0.4, -0.2) is 34.8 Å². The number of likely N-dealkylation sites (N-methyl/N-ethyl adjacent to an activating group) is 1. The second kappa shape index (κ2) is 7.76. The van der Waals surface area contributed by atoms with Crippen LogP contribution in [0.2, 0.25) is 0 Å². The number of carbonyl (C=O) groups is 2. The van der Waals surface area contributed by atoms with Crippen molar-refractivity contribution in [3.05, 3.63) is 59.6 Å². The number of carbonyl (C=O) groups excluding carboxylic acids is 2. The zero-order chi connectivity index (χ0) is 17.6. The smallest absolute Gasteiger partial charge is 0.342 e. The molecule has 3 aromatic rings. The molecular weight excluding hydrogens is 338 g/mol. The summed E-state index contributed by atoms with van der Waals surface area (Å²) in [5.41, 5.74) is 1.71. The first-order valence-electron chi connectivity index (χ1n) is 7.82. The van der Waals surface area contributed by atoms with Gasteiger partial charge in [0.15, 0.2) is 6.61 Å². The lowest BCUT2D eigenvalue weighted by molar-refractivity contribution is -0.124. The minimum atomic E-state index is -0.572. The number of ether oxygens (including phenoxy) is 1. The maximum Gasteiger partial charge on any atom is 0.342 e. The van der Waals surface area contributed by atoms with Crippen LogP contribution >= 0.6 is 11.3 Å². The number of nitrogens with zero attached hydrogens (tertiary/aromatic N) is 2. The van der Waals surface area contributed by atoms with Crippen molar-refractivity contribution < 1.29 is 14.3 Å². The van der Waals surface area contributed by atoms with Crippen molar-refractivity contribution in [3.63, 3.8) is 0 Å². The van der Waals surface area contributed by atoms with Crippen LogP contribution in [0, 0.1) is 0 Å². The number of amides is 1. The Hall–Kier alpha value is -2.93. The van der Waals surface area contributed by atoms with Gasteiger partial charge < -0.3 is 10.1 Å². The monoisotopic (exact) mass is 355 g/mol. The number of thiophene rings is 1. The Kier molecular flexibility index (Phi) is 5.25. The van der Waals surface area contributed by atoms with Crippen molar-refractivity contribution in [2.75, 3.05) is 13.2 Å². The average molecular weight is 355 g/mol. The highest BCUT2D eigenvalue weighted by atomic mass is 32.1. The summed E-state index contributed by atoms with van der Waals surface area (Å²) in [6.07, 6.45) is 1.63. The van der Waals surface area contributed by atoms with Gasteiger partial charge in [0.05, 0.1) is 10.6 Å². The topological polar surface area (TPSA) is 73.2 Å². The van der Waals surface area contributed by atoms with Crippen molar-refractivity contribution in [2.45, 2.75) is 6.92 Å². The van der Waals surface area contributed by atoms with Crippen molar-refractivity contribution in [1.29, 1.82) is 0 Å². The lowest BCUT2D eigenvalue weighted by Gasteiger charge is -2.04. The van der Waals surface area contributed by atoms with E-state index in [1.165, 1.54) is 11.3 Å². The number of aromatic nitrogens is 2. The fourth-order valence-corrected chi connectivity index (χ4v) is 3.01. The number of rotatable bonds is 6. The summed E-state index contributed by atoms with van der Waals surface area (Å²) in [6.45, 7) is 1.98. The highest BCUT2D eigenvalue weighted by Crippen LogP contribution is 2.28. The van der Waals surface area contributed by atoms with E-state index >= 15 is 0 Å². The van der Waals surface area contributed by atoms with Gasteiger partial charge in [0.1, 0.15) is 11.3 Å². The van der Waals surface area contributed by atoms with Gasteiger partial charge in [0, 0.05) is 12.7 Å². The maximum absolute atomic E-state index is 12.5. The second-order valence-electron chi connectivity index (χ2n) is 5.18. The molecule has 0 saturated heterocycles. The number of para-hydroxylation sites is 1. The van der Waals surface area contributed by atoms with E-state index in [2.05, 4.69) is 10.4 Å². The molecule has 0 spiro atoms. The van der Waals surface area contributed by atoms with E-state index in [0.29, 0.717) is 17.8 Å². The van der Waals surface area contributed by atoms with Gasteiger partial charge in [-0.25, -0.2) is 9.48 Å². The Morgan fingerprint density at radius 2 is 2.00 bits per heavy atom. The first kappa shape index (κ1) is 16.9. The molecular formula is C18H17N3O3S. The van der Waals surface area contributed by atoms with Crippen molar-refractivity contribution in [3.8, 4) is 16.3 Å². The fraction of sp³-hybridized carbons (Fsp3) is 0.167. The standard InChI is InChI=1S/C18H17N3O3S/c1-2-19-16(22)12-24-18(23)14-11-21(13-7-4-3-5-8-13)20-17(14)15-9-6-10-25-15/h3-11H,2,12H2,1H3,(H,19,22). The summed E-state index contributed by atoms with van der Waals surface area (Å²) in [6, 6.07) is 13.3. The molecule has 0 aliphatic carbocycles. The summed E-state index contributed by atoms with van der Waals surface area (Å²) >= 11 is 1.49. The van der Waals surface area contributed by atoms with E-state index in [0.717, 1.165) is 10.6 Å². The molecule has 0 aliphatic heterocycles. The molecule has 7 heteroatoms. The number of hydrogen-bond acceptors (Lipinski definition) is 5. The summed E-state index contributed by atoms with van der Waals surface area (Å²) < 4.78 is 6.77. The third-order valence-electron chi connectivity index (χ3n) is 3.42. The molecule has 0 bridgehead atoms. The maximum atomic E-state index is 12.5. The van der Waals surface area contributed by atoms with Gasteiger partial charge in [-0.2, -0.15) is 5.10 Å². The van der Waals surface area contributed by atoms with Gasteiger partial charge in [-0.1, -0.05) is 24.3 Å². The van der Waals surface area contributed by atoms with Crippen LogP contribution in [0.3, 0.4) is 0 Å². The van der Waals surface area contributed by atoms with Crippen LogP contribution < -0.4 is 5.32 Å². The Morgan fingerprint density at radius 3 is 2.68 bits per heavy atom. The highest BCUT2D eigenvalue weighted by Gasteiger charge is 2.21. The third-order valence-corrected chi connectivity index (χ3v) is 4.29. The molecule has 128 valence electrons. The second-order valence-corrected chi connectivity index (χ2v) is 6.13. The van der Waals surface area contributed by atoms with Crippen LogP contribution in [0.1, 0.15) is 17.3 Å². The van der Waals surface area contributed by atoms with Gasteiger partial charge in [-0.3, -0.25) is 4.79 Å². The molecule has 0 saturated carbocycles. The SMILES string of the molecule is CCNC(=O)COC(=O)c1cn(-c2ccccc2)nc1-c1cccs1. The third kappa shape index (κ3) is 3.95. The molecule has 0 atom stereocenters. The van der Waals surface area contributed by atoms with Gasteiger partial charge in [0.2, 0.25) is 0 Å². The van der Waals surface area contributed by atoms with Gasteiger partial charge >= 0.3 is 5.97 Å². The molecule has 0 aliphatic rings. The zero-order valence-corrected chi connectivity index (χ0v) is 14.5. The highest BCUT2D eigenvalue weighted by molar-refractivity contribution is 7.13. The number of nitrogens with one attached hydrogen (secondary N) is 1. The quantitative estimate of drug-likeness (QED) is 0.690. The van der Waals surface area contributed by atoms with Gasteiger partial charge in [-0.05, 0) is 30.5 Å². The first-order valence-corrected chi connectivity index (χ1v) is 8.69. The summed E-state index contributed by atoms with van der Waals surface area (Å²) in [5, 5.41) is 9.04. The lowest BCUT2D eigenvalue weighted by Crippen LogP contribution is -2.28. The normalized spacial score (nSPS) is 10.4. The summed E-state index contributed by atoms with van der Waals surface area (Å²) in [5.74, 6) is -0.902. The number of esters is 1. The Balaban J connectivity index is 1.90. The van der Waals surface area contributed by atoms with E-state index in [9.17, 15) is 9.59 Å². The van der Waals surface area contributed by atoms with Crippen molar-refractivity contribution >= 4 is 23.2 Å². The number of benzene rings is 1. The Morgan fingerprint density at radius 1 is 1.20 bits per heavy atom. The van der Waals surface area contributed by atoms with E-state index in [4.69, 9.17) is 4.74 Å². The molecule has 0 radical (unpaired) electrons. The fourth-order valence-electron chi connectivity index (χ4n) is 2.29. The molecule has 1 aromatic carbocycles. The molecule has 6 nitrogen and oxygen atoms in total. The average Bonchev–Trinajstić information content (AvgIpc) is 3.30. The molecule has 1 N–H and O–H groups in total. The van der Waals surface area contributed by atoms with Crippen LogP contribution in [0.15, 0.2) is 54.0 Å². The molecule has 1 amide bonds. The van der Waals surface area contributed by atoms with E-state index in [1.807, 2.05) is 47.8 Å². The Bertz CT molecular complexity index is 857. The lowest BCUT2D eigenvalue weighted by atomic mass is 10.2. The van der Waals surface area contributed by atoms with Crippen LogP contribution in [0.25, 0.3) is 16.3 Å². The Labute approximate surface area is 149 Å². The summed E-state index contributed by atoms with van der Waals surface area (Å²) in [4.78, 5) is 24.8. The zero-order valence-electron chi connectivity index (χ0n) is 13.6. The predicted molar refractivity (Wildman–Crippen MR) is 95.8 cm³/mol. The molecule has 3 rings (SSSR count). The molecule has 0 fully saturated rings. The molecule has 0 unspecified atom stereocenters. The van der Waals surface area contributed by atoms with Gasteiger partial charge in [-0.15, -0.1) is 11.3 Å². The molecule has 2 heterocycles.